The highest BCUT2D eigenvalue weighted by molar-refractivity contribution is 6.48. The van der Waals surface area contributed by atoms with Gasteiger partial charge in [0.15, 0.2) is 0 Å². The first-order valence-corrected chi connectivity index (χ1v) is 8.41. The highest BCUT2D eigenvalue weighted by Gasteiger charge is 2.53. The summed E-state index contributed by atoms with van der Waals surface area (Å²) < 4.78 is 17.7. The average molecular weight is 323 g/mol. The third-order valence-electron chi connectivity index (χ3n) is 4.71. The van der Waals surface area contributed by atoms with Gasteiger partial charge in [0.05, 0.1) is 11.2 Å². The molecule has 2 rings (SSSR count). The molecule has 6 heteroatoms. The minimum absolute atomic E-state index is 0.142. The van der Waals surface area contributed by atoms with E-state index in [-0.39, 0.29) is 30.2 Å². The molecule has 1 amide bonds. The molecule has 0 aromatic carbocycles. The standard InChI is InChI=1S/C17H30BNO4/c1-15(2,3)21-14(20)19-11-8-9-13(10-12-19)18-22-16(4,5)17(6,7)23-18/h8-9,13H,10-12H2,1-7H3. The SMILES string of the molecule is CC(C)(C)OC(=O)N1CC=CC(B2OC(C)(C)C(C)(C)O2)CC1. The Kier molecular flexibility index (Phi) is 4.89. The number of hydrogen-bond acceptors (Lipinski definition) is 4. The molecule has 0 aromatic heterocycles. The molecule has 0 radical (unpaired) electrons. The molecule has 0 aromatic rings. The summed E-state index contributed by atoms with van der Waals surface area (Å²) in [6, 6.07) is 0. The summed E-state index contributed by atoms with van der Waals surface area (Å²) in [5.74, 6) is 0.142. The molecule has 2 heterocycles. The Morgan fingerprint density at radius 3 is 2.30 bits per heavy atom. The lowest BCUT2D eigenvalue weighted by atomic mass is 9.70. The number of amides is 1. The summed E-state index contributed by atoms with van der Waals surface area (Å²) in [5, 5.41) is 0. The van der Waals surface area contributed by atoms with Crippen LogP contribution in [0.3, 0.4) is 0 Å². The number of hydrogen-bond donors (Lipinski definition) is 0. The maximum Gasteiger partial charge on any atom is 0.465 e. The normalized spacial score (nSPS) is 27.0. The second-order valence-corrected chi connectivity index (χ2v) is 8.43. The van der Waals surface area contributed by atoms with Crippen LogP contribution in [0.2, 0.25) is 5.82 Å². The molecule has 0 N–H and O–H groups in total. The van der Waals surface area contributed by atoms with Crippen molar-refractivity contribution >= 4 is 13.2 Å². The van der Waals surface area contributed by atoms with Crippen molar-refractivity contribution in [3.05, 3.63) is 12.2 Å². The number of carbonyl (C=O) groups is 1. The number of allylic oxidation sites excluding steroid dienone is 1. The fourth-order valence-corrected chi connectivity index (χ4v) is 2.64. The summed E-state index contributed by atoms with van der Waals surface area (Å²) in [6.45, 7) is 15.1. The fourth-order valence-electron chi connectivity index (χ4n) is 2.64. The lowest BCUT2D eigenvalue weighted by Gasteiger charge is -2.32. The summed E-state index contributed by atoms with van der Waals surface area (Å²) in [7, 11) is -0.269. The van der Waals surface area contributed by atoms with E-state index in [2.05, 4.69) is 33.8 Å². The lowest BCUT2D eigenvalue weighted by molar-refractivity contribution is 0.00578. The minimum atomic E-state index is -0.474. The van der Waals surface area contributed by atoms with Gasteiger partial charge in [-0.1, -0.05) is 12.2 Å². The number of ether oxygens (including phenoxy) is 1. The predicted molar refractivity (Wildman–Crippen MR) is 91.4 cm³/mol. The molecule has 1 saturated heterocycles. The van der Waals surface area contributed by atoms with Crippen molar-refractivity contribution in [3.63, 3.8) is 0 Å². The average Bonchev–Trinajstić information content (AvgIpc) is 2.55. The summed E-state index contributed by atoms with van der Waals surface area (Å²) >= 11 is 0. The van der Waals surface area contributed by atoms with Gasteiger partial charge in [0.25, 0.3) is 0 Å². The van der Waals surface area contributed by atoms with Gasteiger partial charge in [-0.25, -0.2) is 4.79 Å². The third-order valence-corrected chi connectivity index (χ3v) is 4.71. The van der Waals surface area contributed by atoms with Crippen molar-refractivity contribution in [2.24, 2.45) is 0 Å². The third kappa shape index (κ3) is 4.30. The van der Waals surface area contributed by atoms with Crippen molar-refractivity contribution in [3.8, 4) is 0 Å². The van der Waals surface area contributed by atoms with E-state index in [0.29, 0.717) is 13.1 Å². The van der Waals surface area contributed by atoms with E-state index in [0.717, 1.165) is 6.42 Å². The Morgan fingerprint density at radius 1 is 1.22 bits per heavy atom. The van der Waals surface area contributed by atoms with E-state index in [4.69, 9.17) is 14.0 Å². The number of carbonyl (C=O) groups excluding carboxylic acids is 1. The molecular weight excluding hydrogens is 293 g/mol. The highest BCUT2D eigenvalue weighted by atomic mass is 16.7. The molecule has 5 nitrogen and oxygen atoms in total. The van der Waals surface area contributed by atoms with Crippen LogP contribution >= 0.6 is 0 Å². The zero-order valence-electron chi connectivity index (χ0n) is 15.5. The van der Waals surface area contributed by atoms with E-state index in [1.165, 1.54) is 0 Å². The van der Waals surface area contributed by atoms with Gasteiger partial charge in [-0.15, -0.1) is 0 Å². The minimum Gasteiger partial charge on any atom is -0.444 e. The van der Waals surface area contributed by atoms with Gasteiger partial charge in [0.2, 0.25) is 0 Å². The van der Waals surface area contributed by atoms with Gasteiger partial charge in [0.1, 0.15) is 5.60 Å². The van der Waals surface area contributed by atoms with Crippen molar-refractivity contribution < 1.29 is 18.8 Å². The van der Waals surface area contributed by atoms with Crippen LogP contribution in [0.5, 0.6) is 0 Å². The molecule has 1 unspecified atom stereocenters. The van der Waals surface area contributed by atoms with Crippen LogP contribution < -0.4 is 0 Å². The monoisotopic (exact) mass is 323 g/mol. The predicted octanol–water partition coefficient (Wildman–Crippen LogP) is 3.65. The van der Waals surface area contributed by atoms with Crippen molar-refractivity contribution in [1.29, 1.82) is 0 Å². The Morgan fingerprint density at radius 2 is 1.78 bits per heavy atom. The quantitative estimate of drug-likeness (QED) is 0.546. The summed E-state index contributed by atoms with van der Waals surface area (Å²) in [5.41, 5.74) is -1.14. The van der Waals surface area contributed by atoms with Crippen molar-refractivity contribution in [2.45, 2.75) is 77.5 Å². The largest absolute Gasteiger partial charge is 0.465 e. The van der Waals surface area contributed by atoms with Crippen LogP contribution in [-0.4, -0.2) is 48.0 Å². The van der Waals surface area contributed by atoms with E-state index in [1.54, 1.807) is 4.90 Å². The van der Waals surface area contributed by atoms with E-state index in [1.807, 2.05) is 26.8 Å². The molecule has 2 aliphatic heterocycles. The first-order chi connectivity index (χ1) is 10.4. The molecule has 0 aliphatic carbocycles. The van der Waals surface area contributed by atoms with Crippen LogP contribution in [0.25, 0.3) is 0 Å². The Bertz CT molecular complexity index is 465. The van der Waals surface area contributed by atoms with Gasteiger partial charge in [-0.2, -0.15) is 0 Å². The topological polar surface area (TPSA) is 48.0 Å². The van der Waals surface area contributed by atoms with Crippen molar-refractivity contribution in [2.75, 3.05) is 13.1 Å². The first-order valence-electron chi connectivity index (χ1n) is 8.41. The van der Waals surface area contributed by atoms with Crippen LogP contribution in [0, 0.1) is 0 Å². The summed E-state index contributed by atoms with van der Waals surface area (Å²) in [4.78, 5) is 13.9. The van der Waals surface area contributed by atoms with E-state index < -0.39 is 5.60 Å². The highest BCUT2D eigenvalue weighted by Crippen LogP contribution is 2.41. The number of nitrogens with zero attached hydrogens (tertiary/aromatic N) is 1. The van der Waals surface area contributed by atoms with Gasteiger partial charge in [-0.05, 0) is 54.9 Å². The Hall–Kier alpha value is -1.01. The molecule has 1 fully saturated rings. The van der Waals surface area contributed by atoms with Gasteiger partial charge in [-0.3, -0.25) is 0 Å². The zero-order chi connectivity index (χ0) is 17.5. The molecule has 130 valence electrons. The van der Waals surface area contributed by atoms with Gasteiger partial charge in [0, 0.05) is 18.9 Å². The van der Waals surface area contributed by atoms with Gasteiger partial charge < -0.3 is 18.9 Å². The zero-order valence-corrected chi connectivity index (χ0v) is 15.5. The van der Waals surface area contributed by atoms with Crippen molar-refractivity contribution in [1.82, 2.24) is 4.90 Å². The second kappa shape index (κ2) is 6.13. The maximum absolute atomic E-state index is 12.2. The van der Waals surface area contributed by atoms with Crippen LogP contribution in [0.1, 0.15) is 54.9 Å². The van der Waals surface area contributed by atoms with Crippen LogP contribution in [0.15, 0.2) is 12.2 Å². The lowest BCUT2D eigenvalue weighted by Crippen LogP contribution is -2.41. The molecular formula is C17H30BNO4. The van der Waals surface area contributed by atoms with Crippen LogP contribution in [-0.2, 0) is 14.0 Å². The molecule has 0 spiro atoms. The smallest absolute Gasteiger partial charge is 0.444 e. The fraction of sp³-hybridized carbons (Fsp3) is 0.824. The van der Waals surface area contributed by atoms with Crippen LogP contribution in [0.4, 0.5) is 4.79 Å². The first kappa shape index (κ1) is 18.3. The maximum atomic E-state index is 12.2. The Labute approximate surface area is 140 Å². The second-order valence-electron chi connectivity index (χ2n) is 8.43. The molecule has 2 aliphatic rings. The van der Waals surface area contributed by atoms with Gasteiger partial charge >= 0.3 is 13.2 Å². The molecule has 0 bridgehead atoms. The number of rotatable bonds is 1. The molecule has 0 saturated carbocycles. The van der Waals surface area contributed by atoms with E-state index in [9.17, 15) is 4.79 Å². The molecule has 1 atom stereocenters. The Balaban J connectivity index is 1.96. The van der Waals surface area contributed by atoms with E-state index >= 15 is 0 Å². The molecule has 23 heavy (non-hydrogen) atoms. The summed E-state index contributed by atoms with van der Waals surface area (Å²) in [6.07, 6.45) is 4.64.